The van der Waals surface area contributed by atoms with E-state index in [-0.39, 0.29) is 18.2 Å². The summed E-state index contributed by atoms with van der Waals surface area (Å²) in [6.07, 6.45) is 2.86. The normalized spacial score (nSPS) is 17.7. The van der Waals surface area contributed by atoms with E-state index in [1.165, 1.54) is 11.8 Å². The molecule has 4 rings (SSSR count). The third kappa shape index (κ3) is 4.41. The summed E-state index contributed by atoms with van der Waals surface area (Å²) in [7, 11) is 4.82. The zero-order chi connectivity index (χ0) is 22.7. The molecular formula is C24H26N2O5S. The number of methoxy groups -OCH3 is 3. The molecule has 2 aliphatic rings. The van der Waals surface area contributed by atoms with E-state index in [4.69, 9.17) is 14.2 Å². The molecule has 2 heterocycles. The van der Waals surface area contributed by atoms with E-state index in [1.807, 2.05) is 42.5 Å². The molecule has 0 unspecified atom stereocenters. The maximum atomic E-state index is 12.9. The van der Waals surface area contributed by atoms with Gasteiger partial charge in [-0.3, -0.25) is 9.59 Å². The molecule has 0 fully saturated rings. The number of rotatable bonds is 6. The molecule has 168 valence electrons. The number of fused-ring (bicyclic) bond motifs is 1. The second-order valence-corrected chi connectivity index (χ2v) is 8.77. The van der Waals surface area contributed by atoms with Crippen LogP contribution in [0.3, 0.4) is 0 Å². The van der Waals surface area contributed by atoms with E-state index in [9.17, 15) is 9.59 Å². The Bertz CT molecular complexity index is 1040. The summed E-state index contributed by atoms with van der Waals surface area (Å²) >= 11 is 1.45. The number of nitrogens with zero attached hydrogens (tertiary/aromatic N) is 1. The van der Waals surface area contributed by atoms with Crippen molar-refractivity contribution in [3.8, 4) is 17.2 Å². The number of ether oxygens (including phenoxy) is 3. The van der Waals surface area contributed by atoms with Crippen LogP contribution >= 0.6 is 11.8 Å². The van der Waals surface area contributed by atoms with E-state index < -0.39 is 5.25 Å². The molecule has 2 aliphatic heterocycles. The van der Waals surface area contributed by atoms with Crippen molar-refractivity contribution in [2.24, 2.45) is 0 Å². The van der Waals surface area contributed by atoms with Crippen molar-refractivity contribution in [1.29, 1.82) is 0 Å². The highest BCUT2D eigenvalue weighted by Gasteiger charge is 2.31. The number of nitrogens with one attached hydrogen (secondary N) is 1. The molecule has 32 heavy (non-hydrogen) atoms. The molecule has 8 heteroatoms. The Kier molecular flexibility index (Phi) is 6.60. The number of benzene rings is 2. The summed E-state index contributed by atoms with van der Waals surface area (Å²) in [5.74, 6) is 1.84. The monoisotopic (exact) mass is 454 g/mol. The highest BCUT2D eigenvalue weighted by Crippen LogP contribution is 2.41. The number of anilines is 1. The number of amides is 2. The lowest BCUT2D eigenvalue weighted by Crippen LogP contribution is -2.39. The maximum Gasteiger partial charge on any atom is 0.238 e. The Morgan fingerprint density at radius 3 is 2.47 bits per heavy atom. The molecule has 7 nitrogen and oxygen atoms in total. The summed E-state index contributed by atoms with van der Waals surface area (Å²) in [5, 5.41) is 2.47. The Hall–Kier alpha value is -3.13. The molecule has 2 amide bonds. The Labute approximate surface area is 191 Å². The number of hydrogen-bond donors (Lipinski definition) is 1. The summed E-state index contributed by atoms with van der Waals surface area (Å²) in [4.78, 5) is 28.2. The molecule has 0 aliphatic carbocycles. The fraction of sp³-hybridized carbons (Fsp3) is 0.333. The molecule has 0 radical (unpaired) electrons. The van der Waals surface area contributed by atoms with Gasteiger partial charge in [-0.15, -0.1) is 11.8 Å². The van der Waals surface area contributed by atoms with Crippen LogP contribution in [0.4, 0.5) is 5.69 Å². The van der Waals surface area contributed by atoms with Crippen molar-refractivity contribution in [2.75, 3.05) is 39.7 Å². The van der Waals surface area contributed by atoms with Gasteiger partial charge in [-0.05, 0) is 24.1 Å². The van der Waals surface area contributed by atoms with E-state index >= 15 is 0 Å². The topological polar surface area (TPSA) is 77.1 Å². The first-order valence-corrected chi connectivity index (χ1v) is 11.3. The molecule has 0 saturated heterocycles. The molecule has 0 saturated carbocycles. The van der Waals surface area contributed by atoms with Gasteiger partial charge in [0.25, 0.3) is 0 Å². The first kappa shape index (κ1) is 22.1. The minimum Gasteiger partial charge on any atom is -0.496 e. The summed E-state index contributed by atoms with van der Waals surface area (Å²) in [6.45, 7) is 1.04. The van der Waals surface area contributed by atoms with Gasteiger partial charge in [-0.1, -0.05) is 18.2 Å². The number of hydrogen-bond acceptors (Lipinski definition) is 6. The highest BCUT2D eigenvalue weighted by atomic mass is 32.2. The van der Waals surface area contributed by atoms with Crippen molar-refractivity contribution in [3.05, 3.63) is 48.0 Å². The largest absolute Gasteiger partial charge is 0.496 e. The molecule has 0 spiro atoms. The van der Waals surface area contributed by atoms with Gasteiger partial charge >= 0.3 is 0 Å². The molecule has 2 aromatic carbocycles. The maximum absolute atomic E-state index is 12.9. The van der Waals surface area contributed by atoms with E-state index in [2.05, 4.69) is 5.32 Å². The predicted octanol–water partition coefficient (Wildman–Crippen LogP) is 3.83. The van der Waals surface area contributed by atoms with E-state index in [0.29, 0.717) is 36.8 Å². The Morgan fingerprint density at radius 2 is 1.84 bits per heavy atom. The highest BCUT2D eigenvalue weighted by molar-refractivity contribution is 8.01. The summed E-state index contributed by atoms with van der Waals surface area (Å²) < 4.78 is 16.5. The zero-order valence-corrected chi connectivity index (χ0v) is 19.2. The molecule has 1 N–H and O–H groups in total. The zero-order valence-electron chi connectivity index (χ0n) is 18.3. The minimum absolute atomic E-state index is 0.0269. The van der Waals surface area contributed by atoms with Crippen LogP contribution in [0.2, 0.25) is 0 Å². The Balaban J connectivity index is 1.46. The van der Waals surface area contributed by atoms with Gasteiger partial charge in [0, 0.05) is 36.5 Å². The molecule has 0 bridgehead atoms. The van der Waals surface area contributed by atoms with Crippen LogP contribution in [0.1, 0.15) is 18.4 Å². The number of carbonyl (C=O) groups excluding carboxylic acids is 2. The van der Waals surface area contributed by atoms with Crippen LogP contribution in [0.25, 0.3) is 5.57 Å². The molecule has 1 atom stereocenters. The average Bonchev–Trinajstić information content (AvgIpc) is 2.83. The van der Waals surface area contributed by atoms with Crippen LogP contribution in [-0.4, -0.2) is 56.4 Å². The van der Waals surface area contributed by atoms with Gasteiger partial charge in [0.15, 0.2) is 0 Å². The van der Waals surface area contributed by atoms with Gasteiger partial charge in [-0.25, -0.2) is 0 Å². The molecule has 0 aromatic heterocycles. The smallest absolute Gasteiger partial charge is 0.238 e. The summed E-state index contributed by atoms with van der Waals surface area (Å²) in [6, 6.07) is 11.3. The van der Waals surface area contributed by atoms with Crippen LogP contribution in [-0.2, 0) is 9.59 Å². The third-order valence-corrected chi connectivity index (χ3v) is 6.94. The van der Waals surface area contributed by atoms with E-state index in [0.717, 1.165) is 21.7 Å². The van der Waals surface area contributed by atoms with Gasteiger partial charge < -0.3 is 24.4 Å². The van der Waals surface area contributed by atoms with Gasteiger partial charge in [0.1, 0.15) is 17.2 Å². The lowest BCUT2D eigenvalue weighted by molar-refractivity contribution is -0.132. The number of carbonyl (C=O) groups is 2. The van der Waals surface area contributed by atoms with Crippen molar-refractivity contribution in [1.82, 2.24) is 4.90 Å². The second kappa shape index (κ2) is 9.56. The minimum atomic E-state index is -0.426. The quantitative estimate of drug-likeness (QED) is 0.715. The van der Waals surface area contributed by atoms with Crippen molar-refractivity contribution < 1.29 is 23.8 Å². The molecule has 2 aromatic rings. The predicted molar refractivity (Wildman–Crippen MR) is 125 cm³/mol. The van der Waals surface area contributed by atoms with Crippen LogP contribution in [0.5, 0.6) is 17.2 Å². The lowest BCUT2D eigenvalue weighted by atomic mass is 9.97. The van der Waals surface area contributed by atoms with Crippen LogP contribution in [0.15, 0.2) is 47.4 Å². The summed E-state index contributed by atoms with van der Waals surface area (Å²) in [5.41, 5.74) is 2.74. The lowest BCUT2D eigenvalue weighted by Gasteiger charge is -2.30. The SMILES string of the molecule is COc1cc(OC)c(C2=CCN(C(=O)C[C@@H]3Sc4ccccc4NC3=O)CC2)c(OC)c1. The number of para-hydroxylation sites is 1. The van der Waals surface area contributed by atoms with Crippen LogP contribution < -0.4 is 19.5 Å². The van der Waals surface area contributed by atoms with Crippen molar-refractivity contribution >= 4 is 34.8 Å². The molecular weight excluding hydrogens is 428 g/mol. The van der Waals surface area contributed by atoms with Crippen LogP contribution in [0, 0.1) is 0 Å². The fourth-order valence-corrected chi connectivity index (χ4v) is 5.06. The van der Waals surface area contributed by atoms with Crippen molar-refractivity contribution in [2.45, 2.75) is 23.0 Å². The number of thioether (sulfide) groups is 1. The Morgan fingerprint density at radius 1 is 1.12 bits per heavy atom. The van der Waals surface area contributed by atoms with Gasteiger partial charge in [0.05, 0.1) is 37.8 Å². The third-order valence-electron chi connectivity index (χ3n) is 5.66. The first-order valence-electron chi connectivity index (χ1n) is 10.4. The first-order chi connectivity index (χ1) is 15.5. The van der Waals surface area contributed by atoms with Gasteiger partial charge in [-0.2, -0.15) is 0 Å². The van der Waals surface area contributed by atoms with Gasteiger partial charge in [0.2, 0.25) is 11.8 Å². The standard InChI is InChI=1S/C24H26N2O5S/c1-29-16-12-18(30-2)23(19(13-16)31-3)15-8-10-26(11-9-15)22(27)14-21-24(28)25-17-6-4-5-7-20(17)32-21/h4-8,12-13,21H,9-11,14H2,1-3H3,(H,25,28)/t21-/m0/s1. The van der Waals surface area contributed by atoms with Crippen molar-refractivity contribution in [3.63, 3.8) is 0 Å². The average molecular weight is 455 g/mol. The fourth-order valence-electron chi connectivity index (χ4n) is 3.96. The van der Waals surface area contributed by atoms with E-state index in [1.54, 1.807) is 26.2 Å². The second-order valence-electron chi connectivity index (χ2n) is 7.52.